The van der Waals surface area contributed by atoms with Crippen molar-refractivity contribution in [3.63, 3.8) is 0 Å². The molecule has 0 fully saturated rings. The number of nitrogens with one attached hydrogen (secondary N) is 1. The van der Waals surface area contributed by atoms with Crippen molar-refractivity contribution in [1.82, 2.24) is 9.88 Å². The minimum absolute atomic E-state index is 1.05. The van der Waals surface area contributed by atoms with Crippen LogP contribution in [0.3, 0.4) is 0 Å². The molecule has 1 aromatic heterocycles. The molecular formula is C17H26N2. The molecule has 2 nitrogen and oxygen atoms in total. The highest BCUT2D eigenvalue weighted by Gasteiger charge is 2.07. The number of aromatic nitrogens is 1. The van der Waals surface area contributed by atoms with Gasteiger partial charge in [0.1, 0.15) is 0 Å². The molecule has 0 amide bonds. The van der Waals surface area contributed by atoms with Crippen molar-refractivity contribution in [2.45, 2.75) is 46.1 Å². The molecular weight excluding hydrogens is 232 g/mol. The summed E-state index contributed by atoms with van der Waals surface area (Å²) in [4.78, 5) is 0. The van der Waals surface area contributed by atoms with Crippen molar-refractivity contribution < 1.29 is 0 Å². The van der Waals surface area contributed by atoms with Crippen LogP contribution in [0.25, 0.3) is 10.9 Å². The summed E-state index contributed by atoms with van der Waals surface area (Å²) in [7, 11) is 0. The number of para-hydroxylation sites is 1. The lowest BCUT2D eigenvalue weighted by Crippen LogP contribution is -2.15. The van der Waals surface area contributed by atoms with E-state index in [1.54, 1.807) is 0 Å². The van der Waals surface area contributed by atoms with Crippen molar-refractivity contribution in [2.24, 2.45) is 0 Å². The van der Waals surface area contributed by atoms with Gasteiger partial charge in [-0.25, -0.2) is 0 Å². The second-order valence-electron chi connectivity index (χ2n) is 5.18. The summed E-state index contributed by atoms with van der Waals surface area (Å²) in [6, 6.07) is 8.80. The molecule has 0 aliphatic heterocycles. The van der Waals surface area contributed by atoms with Crippen LogP contribution < -0.4 is 5.32 Å². The summed E-state index contributed by atoms with van der Waals surface area (Å²) in [5.41, 5.74) is 2.87. The second kappa shape index (κ2) is 7.34. The first-order valence-corrected chi connectivity index (χ1v) is 7.64. The van der Waals surface area contributed by atoms with Gasteiger partial charge in [0.05, 0.1) is 0 Å². The van der Waals surface area contributed by atoms with E-state index in [0.29, 0.717) is 0 Å². The van der Waals surface area contributed by atoms with Gasteiger partial charge in [-0.2, -0.15) is 0 Å². The van der Waals surface area contributed by atoms with Gasteiger partial charge in [0, 0.05) is 23.6 Å². The number of unbranched alkanes of at least 4 members (excludes halogenated alkanes) is 2. The largest absolute Gasteiger partial charge is 0.347 e. The molecule has 1 N–H and O–H groups in total. The molecule has 0 saturated heterocycles. The number of fused-ring (bicyclic) bond motifs is 1. The second-order valence-corrected chi connectivity index (χ2v) is 5.18. The van der Waals surface area contributed by atoms with Gasteiger partial charge >= 0.3 is 0 Å². The highest BCUT2D eigenvalue weighted by atomic mass is 15.0. The van der Waals surface area contributed by atoms with Crippen LogP contribution in [0.1, 0.15) is 38.7 Å². The molecule has 19 heavy (non-hydrogen) atoms. The zero-order valence-electron chi connectivity index (χ0n) is 12.3. The topological polar surface area (TPSA) is 17.0 Å². The maximum absolute atomic E-state index is 3.41. The Labute approximate surface area is 116 Å². The molecule has 0 radical (unpaired) electrons. The smallest absolute Gasteiger partial charge is 0.0483 e. The number of rotatable bonds is 8. The average molecular weight is 258 g/mol. The monoisotopic (exact) mass is 258 g/mol. The summed E-state index contributed by atoms with van der Waals surface area (Å²) in [5, 5.41) is 4.84. The van der Waals surface area contributed by atoms with E-state index in [1.165, 1.54) is 35.7 Å². The Morgan fingerprint density at radius 3 is 2.74 bits per heavy atom. The number of benzene rings is 1. The Bertz CT molecular complexity index is 455. The Balaban J connectivity index is 2.16. The number of nitrogens with zero attached hydrogens (tertiary/aromatic N) is 1. The van der Waals surface area contributed by atoms with Gasteiger partial charge in [0.2, 0.25) is 0 Å². The van der Waals surface area contributed by atoms with Gasteiger partial charge in [-0.05, 0) is 37.6 Å². The lowest BCUT2D eigenvalue weighted by molar-refractivity contribution is 0.614. The van der Waals surface area contributed by atoms with Crippen LogP contribution in [0.2, 0.25) is 0 Å². The van der Waals surface area contributed by atoms with E-state index >= 15 is 0 Å². The van der Waals surface area contributed by atoms with E-state index in [2.05, 4.69) is 54.2 Å². The third-order valence-electron chi connectivity index (χ3n) is 3.69. The molecule has 0 saturated carbocycles. The fraction of sp³-hybridized carbons (Fsp3) is 0.529. The van der Waals surface area contributed by atoms with Gasteiger partial charge in [-0.3, -0.25) is 0 Å². The Kier molecular flexibility index (Phi) is 5.46. The van der Waals surface area contributed by atoms with Crippen LogP contribution in [0.4, 0.5) is 0 Å². The number of aryl methyl sites for hydroxylation is 1. The van der Waals surface area contributed by atoms with Crippen LogP contribution in [0.5, 0.6) is 0 Å². The highest BCUT2D eigenvalue weighted by Crippen LogP contribution is 2.22. The van der Waals surface area contributed by atoms with Crippen LogP contribution >= 0.6 is 0 Å². The Morgan fingerprint density at radius 1 is 1.11 bits per heavy atom. The predicted molar refractivity (Wildman–Crippen MR) is 83.7 cm³/mol. The molecule has 0 unspecified atom stereocenters. The molecule has 0 atom stereocenters. The zero-order valence-corrected chi connectivity index (χ0v) is 12.3. The predicted octanol–water partition coefficient (Wildman–Crippen LogP) is 3.98. The fourth-order valence-electron chi connectivity index (χ4n) is 2.64. The lowest BCUT2D eigenvalue weighted by atomic mass is 10.1. The molecule has 0 bridgehead atoms. The zero-order chi connectivity index (χ0) is 13.5. The average Bonchev–Trinajstić information content (AvgIpc) is 2.79. The Morgan fingerprint density at radius 2 is 1.95 bits per heavy atom. The van der Waals surface area contributed by atoms with Crippen LogP contribution in [0.15, 0.2) is 30.5 Å². The van der Waals surface area contributed by atoms with Crippen molar-refractivity contribution in [1.29, 1.82) is 0 Å². The normalized spacial score (nSPS) is 11.3. The van der Waals surface area contributed by atoms with Crippen LogP contribution in [0, 0.1) is 0 Å². The number of hydrogen-bond donors (Lipinski definition) is 1. The molecule has 2 heteroatoms. The molecule has 1 heterocycles. The van der Waals surface area contributed by atoms with Crippen LogP contribution in [-0.4, -0.2) is 17.7 Å². The quantitative estimate of drug-likeness (QED) is 0.709. The van der Waals surface area contributed by atoms with E-state index < -0.39 is 0 Å². The van der Waals surface area contributed by atoms with Crippen molar-refractivity contribution in [3.8, 4) is 0 Å². The summed E-state index contributed by atoms with van der Waals surface area (Å²) in [6.07, 6.45) is 7.36. The molecule has 1 aromatic carbocycles. The van der Waals surface area contributed by atoms with E-state index in [1.807, 2.05) is 0 Å². The molecule has 104 valence electrons. The fourth-order valence-corrected chi connectivity index (χ4v) is 2.64. The van der Waals surface area contributed by atoms with Crippen molar-refractivity contribution in [2.75, 3.05) is 13.1 Å². The minimum atomic E-state index is 1.05. The molecule has 2 rings (SSSR count). The van der Waals surface area contributed by atoms with Crippen LogP contribution in [-0.2, 0) is 13.0 Å². The number of hydrogen-bond acceptors (Lipinski definition) is 1. The highest BCUT2D eigenvalue weighted by molar-refractivity contribution is 5.84. The maximum atomic E-state index is 3.41. The molecule has 2 aromatic rings. The van der Waals surface area contributed by atoms with Gasteiger partial charge in [-0.15, -0.1) is 0 Å². The molecule has 0 aliphatic rings. The minimum Gasteiger partial charge on any atom is -0.347 e. The number of likely N-dealkylation sites (N-methyl/N-ethyl adjacent to an activating group) is 1. The molecule has 0 spiro atoms. The third-order valence-corrected chi connectivity index (χ3v) is 3.69. The first kappa shape index (κ1) is 14.1. The summed E-state index contributed by atoms with van der Waals surface area (Å²) < 4.78 is 2.44. The standard InChI is InChI=1S/C17H26N2/c1-3-5-8-13-19-14-15(11-12-18-4-2)16-9-6-7-10-17(16)19/h6-7,9-10,14,18H,3-5,8,11-13H2,1-2H3. The van der Waals surface area contributed by atoms with E-state index in [4.69, 9.17) is 0 Å². The van der Waals surface area contributed by atoms with Gasteiger partial charge < -0.3 is 9.88 Å². The lowest BCUT2D eigenvalue weighted by Gasteiger charge is -2.03. The van der Waals surface area contributed by atoms with Gasteiger partial charge in [0.25, 0.3) is 0 Å². The maximum Gasteiger partial charge on any atom is 0.0483 e. The van der Waals surface area contributed by atoms with E-state index in [-0.39, 0.29) is 0 Å². The molecule has 0 aliphatic carbocycles. The van der Waals surface area contributed by atoms with E-state index in [0.717, 1.165) is 26.1 Å². The third kappa shape index (κ3) is 3.60. The van der Waals surface area contributed by atoms with Crippen molar-refractivity contribution >= 4 is 10.9 Å². The summed E-state index contributed by atoms with van der Waals surface area (Å²) >= 11 is 0. The SMILES string of the molecule is CCCCCn1cc(CCNCC)c2ccccc21. The van der Waals surface area contributed by atoms with Gasteiger partial charge in [-0.1, -0.05) is 44.9 Å². The summed E-state index contributed by atoms with van der Waals surface area (Å²) in [5.74, 6) is 0. The van der Waals surface area contributed by atoms with Gasteiger partial charge in [0.15, 0.2) is 0 Å². The summed E-state index contributed by atoms with van der Waals surface area (Å²) in [6.45, 7) is 7.69. The Hall–Kier alpha value is -1.28. The first-order valence-electron chi connectivity index (χ1n) is 7.64. The van der Waals surface area contributed by atoms with E-state index in [9.17, 15) is 0 Å². The first-order chi connectivity index (χ1) is 9.36. The van der Waals surface area contributed by atoms with Crippen molar-refractivity contribution in [3.05, 3.63) is 36.0 Å².